The molecule has 0 bridgehead atoms. The van der Waals surface area contributed by atoms with Crippen molar-refractivity contribution in [1.29, 1.82) is 0 Å². The van der Waals surface area contributed by atoms with E-state index in [0.29, 0.717) is 17.0 Å². The molecule has 0 radical (unpaired) electrons. The van der Waals surface area contributed by atoms with Crippen molar-refractivity contribution in [2.75, 3.05) is 7.11 Å². The summed E-state index contributed by atoms with van der Waals surface area (Å²) in [6.07, 6.45) is 1.73. The summed E-state index contributed by atoms with van der Waals surface area (Å²) in [7, 11) is 1.63. The Labute approximate surface area is 209 Å². The van der Waals surface area contributed by atoms with Crippen LogP contribution in [-0.4, -0.2) is 28.5 Å². The minimum atomic E-state index is -0.349. The zero-order valence-electron chi connectivity index (χ0n) is 19.7. The molecule has 5 rings (SSSR count). The van der Waals surface area contributed by atoms with E-state index in [-0.39, 0.29) is 5.91 Å². The third-order valence-electron chi connectivity index (χ3n) is 5.71. The molecule has 6 nitrogen and oxygen atoms in total. The number of nitrogens with one attached hydrogen (secondary N) is 1. The maximum atomic E-state index is 13.5. The van der Waals surface area contributed by atoms with E-state index in [1.807, 2.05) is 115 Å². The molecule has 4 aromatic carbocycles. The normalized spacial score (nSPS) is 11.2. The number of rotatable bonds is 7. The second-order valence-electron chi connectivity index (χ2n) is 8.03. The molecular weight excluding hydrogens is 448 g/mol. The quantitative estimate of drug-likeness (QED) is 0.243. The van der Waals surface area contributed by atoms with Gasteiger partial charge in [-0.25, -0.2) is 10.1 Å². The summed E-state index contributed by atoms with van der Waals surface area (Å²) in [5.41, 5.74) is 7.86. The molecule has 0 saturated heterocycles. The Balaban J connectivity index is 1.53. The lowest BCUT2D eigenvalue weighted by Gasteiger charge is -2.09. The third kappa shape index (κ3) is 4.93. The highest BCUT2D eigenvalue weighted by atomic mass is 16.5. The molecule has 0 aliphatic rings. The van der Waals surface area contributed by atoms with E-state index >= 15 is 0 Å². The zero-order valence-corrected chi connectivity index (χ0v) is 19.7. The van der Waals surface area contributed by atoms with Crippen LogP contribution in [0.1, 0.15) is 21.5 Å². The van der Waals surface area contributed by atoms with E-state index in [2.05, 4.69) is 10.5 Å². The lowest BCUT2D eigenvalue weighted by atomic mass is 10.0. The van der Waals surface area contributed by atoms with Crippen LogP contribution in [0.2, 0.25) is 0 Å². The number of hydrazone groups is 1. The molecule has 176 valence electrons. The van der Waals surface area contributed by atoms with Gasteiger partial charge < -0.3 is 4.74 Å². The van der Waals surface area contributed by atoms with Crippen molar-refractivity contribution in [1.82, 2.24) is 15.2 Å². The van der Waals surface area contributed by atoms with E-state index in [0.717, 1.165) is 28.1 Å². The van der Waals surface area contributed by atoms with Gasteiger partial charge in [0.25, 0.3) is 5.91 Å². The molecule has 0 spiro atoms. The van der Waals surface area contributed by atoms with Crippen molar-refractivity contribution < 1.29 is 9.53 Å². The Morgan fingerprint density at radius 2 is 1.36 bits per heavy atom. The summed E-state index contributed by atoms with van der Waals surface area (Å²) < 4.78 is 7.00. The number of carbonyl (C=O) groups is 1. The molecule has 36 heavy (non-hydrogen) atoms. The number of methoxy groups -OCH3 is 1. The van der Waals surface area contributed by atoms with E-state index in [4.69, 9.17) is 9.84 Å². The van der Waals surface area contributed by atoms with Crippen LogP contribution in [0.4, 0.5) is 0 Å². The number of aromatic nitrogens is 2. The van der Waals surface area contributed by atoms with E-state index < -0.39 is 0 Å². The second-order valence-corrected chi connectivity index (χ2v) is 8.03. The molecule has 0 atom stereocenters. The van der Waals surface area contributed by atoms with Gasteiger partial charge in [0.1, 0.15) is 11.4 Å². The molecule has 1 aromatic heterocycles. The number of benzene rings is 4. The maximum absolute atomic E-state index is 13.5. The van der Waals surface area contributed by atoms with E-state index in [9.17, 15) is 4.79 Å². The Morgan fingerprint density at radius 1 is 0.778 bits per heavy atom. The SMILES string of the molecule is COc1ccc(/C(=N/NC(=O)c2cn(-c3ccccc3)nc2-c2ccccc2)c2ccccc2)cc1. The first-order valence-corrected chi connectivity index (χ1v) is 11.5. The van der Waals surface area contributed by atoms with Gasteiger partial charge in [-0.2, -0.15) is 10.2 Å². The number of nitrogens with zero attached hydrogens (tertiary/aromatic N) is 3. The molecule has 6 heteroatoms. The Kier molecular flexibility index (Phi) is 6.67. The van der Waals surface area contributed by atoms with Crippen LogP contribution in [0.15, 0.2) is 127 Å². The fourth-order valence-electron chi connectivity index (χ4n) is 3.87. The lowest BCUT2D eigenvalue weighted by molar-refractivity contribution is 0.0955. The standard InChI is InChI=1S/C30H24N4O2/c1-36-26-19-17-24(18-20-26)28(22-11-5-2-6-12-22)31-32-30(35)27-21-34(25-15-9-4-10-16-25)33-29(27)23-13-7-3-8-14-23/h2-21H,1H3,(H,32,35)/b31-28+. The summed E-state index contributed by atoms with van der Waals surface area (Å²) in [6.45, 7) is 0. The number of hydrogen-bond donors (Lipinski definition) is 1. The maximum Gasteiger partial charge on any atom is 0.275 e. The number of hydrogen-bond acceptors (Lipinski definition) is 4. The summed E-state index contributed by atoms with van der Waals surface area (Å²) in [4.78, 5) is 13.5. The fraction of sp³-hybridized carbons (Fsp3) is 0.0333. The van der Waals surface area contributed by atoms with Gasteiger partial charge in [0.05, 0.1) is 24.1 Å². The van der Waals surface area contributed by atoms with Crippen LogP contribution in [0.3, 0.4) is 0 Å². The lowest BCUT2D eigenvalue weighted by Crippen LogP contribution is -2.21. The van der Waals surface area contributed by atoms with Gasteiger partial charge in [-0.05, 0) is 36.4 Å². The van der Waals surface area contributed by atoms with Gasteiger partial charge in [-0.15, -0.1) is 0 Å². The molecule has 1 amide bonds. The average Bonchev–Trinajstić information content (AvgIpc) is 3.41. The molecule has 1 heterocycles. The predicted octanol–water partition coefficient (Wildman–Crippen LogP) is 5.73. The molecule has 1 N–H and O–H groups in total. The molecule has 5 aromatic rings. The fourth-order valence-corrected chi connectivity index (χ4v) is 3.87. The zero-order chi connectivity index (χ0) is 24.7. The monoisotopic (exact) mass is 472 g/mol. The second kappa shape index (κ2) is 10.5. The van der Waals surface area contributed by atoms with Crippen LogP contribution in [0.5, 0.6) is 5.75 Å². The number of para-hydroxylation sites is 1. The highest BCUT2D eigenvalue weighted by Gasteiger charge is 2.19. The Morgan fingerprint density at radius 3 is 2.00 bits per heavy atom. The highest BCUT2D eigenvalue weighted by Crippen LogP contribution is 2.24. The van der Waals surface area contributed by atoms with Gasteiger partial charge >= 0.3 is 0 Å². The molecule has 0 aliphatic carbocycles. The summed E-state index contributed by atoms with van der Waals surface area (Å²) >= 11 is 0. The van der Waals surface area contributed by atoms with Crippen LogP contribution in [-0.2, 0) is 0 Å². The minimum Gasteiger partial charge on any atom is -0.497 e. The van der Waals surface area contributed by atoms with Gasteiger partial charge in [0, 0.05) is 22.9 Å². The largest absolute Gasteiger partial charge is 0.497 e. The van der Waals surface area contributed by atoms with Crippen LogP contribution < -0.4 is 10.2 Å². The Bertz CT molecular complexity index is 1480. The number of ether oxygens (including phenoxy) is 1. The Hall–Kier alpha value is -4.97. The number of amides is 1. The minimum absolute atomic E-state index is 0.349. The van der Waals surface area contributed by atoms with Gasteiger partial charge in [0.2, 0.25) is 0 Å². The first-order valence-electron chi connectivity index (χ1n) is 11.5. The highest BCUT2D eigenvalue weighted by molar-refractivity contribution is 6.13. The topological polar surface area (TPSA) is 68.5 Å². The van der Waals surface area contributed by atoms with Crippen molar-refractivity contribution in [2.24, 2.45) is 5.10 Å². The third-order valence-corrected chi connectivity index (χ3v) is 5.71. The van der Waals surface area contributed by atoms with Gasteiger partial charge in [0.15, 0.2) is 0 Å². The van der Waals surface area contributed by atoms with Crippen LogP contribution >= 0.6 is 0 Å². The summed E-state index contributed by atoms with van der Waals surface area (Å²) in [5.74, 6) is 0.397. The first-order chi connectivity index (χ1) is 17.7. The van der Waals surface area contributed by atoms with Crippen molar-refractivity contribution in [3.63, 3.8) is 0 Å². The van der Waals surface area contributed by atoms with Crippen molar-refractivity contribution in [3.8, 4) is 22.7 Å². The molecule has 0 unspecified atom stereocenters. The predicted molar refractivity (Wildman–Crippen MR) is 142 cm³/mol. The summed E-state index contributed by atoms with van der Waals surface area (Å²) in [6, 6.07) is 36.7. The van der Waals surface area contributed by atoms with Crippen molar-refractivity contribution in [2.45, 2.75) is 0 Å². The van der Waals surface area contributed by atoms with Gasteiger partial charge in [-0.1, -0.05) is 78.9 Å². The van der Waals surface area contributed by atoms with Gasteiger partial charge in [-0.3, -0.25) is 4.79 Å². The molecule has 0 aliphatic heterocycles. The smallest absolute Gasteiger partial charge is 0.275 e. The molecule has 0 saturated carbocycles. The molecular formula is C30H24N4O2. The van der Waals surface area contributed by atoms with Crippen molar-refractivity contribution in [3.05, 3.63) is 138 Å². The summed E-state index contributed by atoms with van der Waals surface area (Å²) in [5, 5.41) is 9.28. The first kappa shape index (κ1) is 22.8. The number of carbonyl (C=O) groups excluding carboxylic acids is 1. The molecule has 0 fully saturated rings. The van der Waals surface area contributed by atoms with Crippen LogP contribution in [0.25, 0.3) is 16.9 Å². The average molecular weight is 473 g/mol. The van der Waals surface area contributed by atoms with E-state index in [1.54, 1.807) is 18.0 Å². The van der Waals surface area contributed by atoms with Crippen molar-refractivity contribution >= 4 is 11.6 Å². The van der Waals surface area contributed by atoms with E-state index in [1.165, 1.54) is 0 Å². The van der Waals surface area contributed by atoms with Crippen LogP contribution in [0, 0.1) is 0 Å².